The summed E-state index contributed by atoms with van der Waals surface area (Å²) in [5.41, 5.74) is 1.69. The molecule has 2 heterocycles. The second-order valence-corrected chi connectivity index (χ2v) is 5.60. The van der Waals surface area contributed by atoms with Crippen LogP contribution in [0.2, 0.25) is 0 Å². The summed E-state index contributed by atoms with van der Waals surface area (Å²) in [4.78, 5) is 28.0. The van der Waals surface area contributed by atoms with Crippen LogP contribution in [0.3, 0.4) is 0 Å². The molecule has 0 spiro atoms. The van der Waals surface area contributed by atoms with Crippen LogP contribution in [-0.2, 0) is 4.79 Å². The molecule has 1 saturated heterocycles. The third-order valence-corrected chi connectivity index (χ3v) is 4.39. The first kappa shape index (κ1) is 13.9. The predicted octanol–water partition coefficient (Wildman–Crippen LogP) is 1.44. The fraction of sp³-hybridized carbons (Fsp3) is 0.467. The van der Waals surface area contributed by atoms with Gasteiger partial charge in [0.15, 0.2) is 0 Å². The summed E-state index contributed by atoms with van der Waals surface area (Å²) >= 11 is 0. The summed E-state index contributed by atoms with van der Waals surface area (Å²) in [6.07, 6.45) is 1.58. The Hall–Kier alpha value is -2.08. The number of nitrogens with one attached hydrogen (secondary N) is 1. The van der Waals surface area contributed by atoms with Crippen LogP contribution in [0.15, 0.2) is 29.1 Å². The molecule has 3 rings (SSSR count). The molecule has 1 aliphatic rings. The number of piperidine rings is 1. The molecular formula is C15H19N3O3. The van der Waals surface area contributed by atoms with Crippen LogP contribution in [0.4, 0.5) is 0 Å². The largest absolute Gasteiger partial charge is 0.480 e. The van der Waals surface area contributed by atoms with E-state index in [4.69, 9.17) is 5.11 Å². The van der Waals surface area contributed by atoms with Crippen molar-refractivity contribution >= 4 is 17.0 Å². The Labute approximate surface area is 122 Å². The molecule has 2 aromatic rings. The molecule has 0 unspecified atom stereocenters. The van der Waals surface area contributed by atoms with E-state index in [1.54, 1.807) is 6.92 Å². The standard InChI is InChI=1S/C15H19N3O3/c1-10(14(19)20)17-8-6-11(7-9-17)18-13-5-3-2-4-12(13)16-15(18)21/h2-5,10-11H,6-9H2,1H3,(H,16,21)(H,19,20)/t10-/m1/s1. The Bertz CT molecular complexity index is 710. The lowest BCUT2D eigenvalue weighted by Crippen LogP contribution is -2.45. The van der Waals surface area contributed by atoms with Gasteiger partial charge in [-0.05, 0) is 31.9 Å². The Balaban J connectivity index is 1.82. The zero-order valence-electron chi connectivity index (χ0n) is 12.0. The van der Waals surface area contributed by atoms with E-state index in [0.29, 0.717) is 13.1 Å². The highest BCUT2D eigenvalue weighted by Gasteiger charge is 2.28. The molecule has 0 saturated carbocycles. The molecule has 0 radical (unpaired) electrons. The fourth-order valence-corrected chi connectivity index (χ4v) is 3.12. The summed E-state index contributed by atoms with van der Waals surface area (Å²) < 4.78 is 1.82. The van der Waals surface area contributed by atoms with E-state index in [-0.39, 0.29) is 11.7 Å². The number of aromatic nitrogens is 2. The minimum Gasteiger partial charge on any atom is -0.480 e. The Morgan fingerprint density at radius 2 is 2.00 bits per heavy atom. The maximum atomic E-state index is 12.2. The van der Waals surface area contributed by atoms with E-state index in [9.17, 15) is 9.59 Å². The quantitative estimate of drug-likeness (QED) is 0.896. The molecule has 1 aliphatic heterocycles. The number of benzene rings is 1. The minimum absolute atomic E-state index is 0.0825. The Morgan fingerprint density at radius 3 is 2.67 bits per heavy atom. The van der Waals surface area contributed by atoms with Crippen molar-refractivity contribution in [2.75, 3.05) is 13.1 Å². The van der Waals surface area contributed by atoms with Gasteiger partial charge in [-0.2, -0.15) is 0 Å². The maximum Gasteiger partial charge on any atom is 0.326 e. The highest BCUT2D eigenvalue weighted by atomic mass is 16.4. The van der Waals surface area contributed by atoms with Gasteiger partial charge in [0.05, 0.1) is 11.0 Å². The van der Waals surface area contributed by atoms with Crippen LogP contribution in [0, 0.1) is 0 Å². The first-order valence-electron chi connectivity index (χ1n) is 7.24. The van der Waals surface area contributed by atoms with Crippen molar-refractivity contribution in [1.29, 1.82) is 0 Å². The first-order chi connectivity index (χ1) is 10.1. The maximum absolute atomic E-state index is 12.2. The van der Waals surface area contributed by atoms with Crippen LogP contribution in [-0.4, -0.2) is 44.7 Å². The van der Waals surface area contributed by atoms with Crippen LogP contribution >= 0.6 is 0 Å². The van der Waals surface area contributed by atoms with Gasteiger partial charge in [0.25, 0.3) is 0 Å². The summed E-state index contributed by atoms with van der Waals surface area (Å²) in [5, 5.41) is 9.07. The number of aromatic amines is 1. The van der Waals surface area contributed by atoms with Gasteiger partial charge < -0.3 is 10.1 Å². The average molecular weight is 289 g/mol. The van der Waals surface area contributed by atoms with Crippen molar-refractivity contribution in [2.45, 2.75) is 31.8 Å². The lowest BCUT2D eigenvalue weighted by Gasteiger charge is -2.34. The van der Waals surface area contributed by atoms with Crippen LogP contribution < -0.4 is 5.69 Å². The Kier molecular flexibility index (Phi) is 3.55. The van der Waals surface area contributed by atoms with Crippen LogP contribution in [0.1, 0.15) is 25.8 Å². The highest BCUT2D eigenvalue weighted by Crippen LogP contribution is 2.25. The van der Waals surface area contributed by atoms with Gasteiger partial charge in [0.1, 0.15) is 6.04 Å². The number of carbonyl (C=O) groups is 1. The summed E-state index contributed by atoms with van der Waals surface area (Å²) in [5.74, 6) is -0.794. The zero-order chi connectivity index (χ0) is 15.0. The zero-order valence-corrected chi connectivity index (χ0v) is 12.0. The third kappa shape index (κ3) is 2.47. The van der Waals surface area contributed by atoms with Crippen LogP contribution in [0.5, 0.6) is 0 Å². The molecule has 0 aliphatic carbocycles. The Morgan fingerprint density at radius 1 is 1.33 bits per heavy atom. The summed E-state index contributed by atoms with van der Waals surface area (Å²) in [6.45, 7) is 3.11. The van der Waals surface area contributed by atoms with E-state index in [0.717, 1.165) is 23.9 Å². The predicted molar refractivity (Wildman–Crippen MR) is 79.5 cm³/mol. The van der Waals surface area contributed by atoms with Crippen molar-refractivity contribution in [1.82, 2.24) is 14.5 Å². The van der Waals surface area contributed by atoms with Gasteiger partial charge in [-0.15, -0.1) is 0 Å². The molecule has 0 amide bonds. The van der Waals surface area contributed by atoms with E-state index in [2.05, 4.69) is 4.98 Å². The van der Waals surface area contributed by atoms with E-state index in [1.165, 1.54) is 0 Å². The number of hydrogen-bond donors (Lipinski definition) is 2. The fourth-order valence-electron chi connectivity index (χ4n) is 3.12. The van der Waals surface area contributed by atoms with Gasteiger partial charge in [0, 0.05) is 19.1 Å². The van der Waals surface area contributed by atoms with Crippen molar-refractivity contribution in [3.05, 3.63) is 34.7 Å². The van der Waals surface area contributed by atoms with E-state index >= 15 is 0 Å². The topological polar surface area (TPSA) is 78.3 Å². The average Bonchev–Trinajstić information content (AvgIpc) is 2.82. The summed E-state index contributed by atoms with van der Waals surface area (Å²) in [6, 6.07) is 7.33. The molecule has 6 heteroatoms. The number of carboxylic acids is 1. The molecular weight excluding hydrogens is 270 g/mol. The SMILES string of the molecule is C[C@H](C(=O)O)N1CCC(n2c(=O)[nH]c3ccccc32)CC1. The molecule has 21 heavy (non-hydrogen) atoms. The van der Waals surface area contributed by atoms with Crippen LogP contribution in [0.25, 0.3) is 11.0 Å². The highest BCUT2D eigenvalue weighted by molar-refractivity contribution is 5.75. The molecule has 112 valence electrons. The number of imidazole rings is 1. The number of aliphatic carboxylic acids is 1. The van der Waals surface area contributed by atoms with Crippen molar-refractivity contribution in [3.8, 4) is 0 Å². The first-order valence-corrected chi connectivity index (χ1v) is 7.24. The number of rotatable bonds is 3. The third-order valence-electron chi connectivity index (χ3n) is 4.39. The minimum atomic E-state index is -0.794. The number of carboxylic acid groups (broad SMARTS) is 1. The van der Waals surface area contributed by atoms with E-state index in [1.807, 2.05) is 33.7 Å². The van der Waals surface area contributed by atoms with Gasteiger partial charge in [0.2, 0.25) is 0 Å². The number of nitrogens with zero attached hydrogens (tertiary/aromatic N) is 2. The lowest BCUT2D eigenvalue weighted by atomic mass is 10.0. The van der Waals surface area contributed by atoms with Crippen molar-refractivity contribution in [3.63, 3.8) is 0 Å². The number of fused-ring (bicyclic) bond motifs is 1. The molecule has 2 N–H and O–H groups in total. The second-order valence-electron chi connectivity index (χ2n) is 5.60. The molecule has 0 bridgehead atoms. The molecule has 1 atom stereocenters. The van der Waals surface area contributed by atoms with Crippen molar-refractivity contribution < 1.29 is 9.90 Å². The van der Waals surface area contributed by atoms with Gasteiger partial charge in [-0.3, -0.25) is 14.3 Å². The normalized spacial score (nSPS) is 18.9. The van der Waals surface area contributed by atoms with Gasteiger partial charge >= 0.3 is 11.7 Å². The number of likely N-dealkylation sites (tertiary alicyclic amines) is 1. The molecule has 1 fully saturated rings. The molecule has 1 aromatic heterocycles. The second kappa shape index (κ2) is 5.37. The number of H-pyrrole nitrogens is 1. The lowest BCUT2D eigenvalue weighted by molar-refractivity contribution is -0.143. The number of para-hydroxylation sites is 2. The molecule has 6 nitrogen and oxygen atoms in total. The monoisotopic (exact) mass is 289 g/mol. The number of hydrogen-bond acceptors (Lipinski definition) is 3. The van der Waals surface area contributed by atoms with Gasteiger partial charge in [-0.1, -0.05) is 12.1 Å². The smallest absolute Gasteiger partial charge is 0.326 e. The summed E-state index contributed by atoms with van der Waals surface area (Å²) in [7, 11) is 0. The van der Waals surface area contributed by atoms with Crippen molar-refractivity contribution in [2.24, 2.45) is 0 Å². The molecule has 1 aromatic carbocycles. The van der Waals surface area contributed by atoms with E-state index < -0.39 is 12.0 Å². The van der Waals surface area contributed by atoms with Gasteiger partial charge in [-0.25, -0.2) is 4.79 Å².